The van der Waals surface area contributed by atoms with Crippen molar-refractivity contribution in [1.82, 2.24) is 4.90 Å². The van der Waals surface area contributed by atoms with Gasteiger partial charge in [-0.3, -0.25) is 4.90 Å². The Bertz CT molecular complexity index is 1040. The lowest BCUT2D eigenvalue weighted by molar-refractivity contribution is -0.255. The third kappa shape index (κ3) is 5.75. The number of ether oxygens (including phenoxy) is 6. The van der Waals surface area contributed by atoms with Crippen LogP contribution in [0.3, 0.4) is 0 Å². The number of benzene rings is 1. The Morgan fingerprint density at radius 1 is 0.881 bits per heavy atom. The Morgan fingerprint density at radius 2 is 1.57 bits per heavy atom. The van der Waals surface area contributed by atoms with E-state index >= 15 is 0 Å². The molecule has 5 aliphatic rings. The molecule has 1 aromatic carbocycles. The molecule has 3 aliphatic carbocycles. The third-order valence-corrected chi connectivity index (χ3v) is 10.5. The molecule has 5 atom stereocenters. The summed E-state index contributed by atoms with van der Waals surface area (Å²) in [6.07, 6.45) is 6.59. The molecular formula is C32H49NO9. The van der Waals surface area contributed by atoms with Crippen molar-refractivity contribution in [2.45, 2.75) is 80.8 Å². The Balaban J connectivity index is 1.02. The lowest BCUT2D eigenvalue weighted by atomic mass is 9.46. The molecular weight excluding hydrogens is 542 g/mol. The van der Waals surface area contributed by atoms with Gasteiger partial charge in [0.15, 0.2) is 0 Å². The second kappa shape index (κ2) is 13.7. The number of phenols is 1. The Morgan fingerprint density at radius 3 is 2.24 bits per heavy atom. The molecule has 2 saturated carbocycles. The van der Waals surface area contributed by atoms with E-state index in [2.05, 4.69) is 11.0 Å². The fourth-order valence-corrected chi connectivity index (χ4v) is 8.35. The Labute approximate surface area is 249 Å². The van der Waals surface area contributed by atoms with Crippen LogP contribution >= 0.6 is 0 Å². The summed E-state index contributed by atoms with van der Waals surface area (Å²) in [5, 5.41) is 32.2. The number of aliphatic hydroxyl groups is 2. The second-order valence-electron chi connectivity index (χ2n) is 12.6. The summed E-state index contributed by atoms with van der Waals surface area (Å²) in [6, 6.07) is 3.96. The molecule has 2 heterocycles. The smallest absolute Gasteiger partial charge is 0.121 e. The van der Waals surface area contributed by atoms with Crippen LogP contribution in [0.25, 0.3) is 0 Å². The number of aliphatic hydroxyl groups excluding tert-OH is 1. The molecule has 2 aliphatic heterocycles. The van der Waals surface area contributed by atoms with Gasteiger partial charge in [0.05, 0.1) is 95.9 Å². The fraction of sp³-hybridized carbons (Fsp3) is 0.812. The number of hydrogen-bond donors (Lipinski definition) is 3. The molecule has 3 fully saturated rings. The van der Waals surface area contributed by atoms with Gasteiger partial charge in [-0.25, -0.2) is 0 Å². The summed E-state index contributed by atoms with van der Waals surface area (Å²) < 4.78 is 34.9. The van der Waals surface area contributed by atoms with Crippen molar-refractivity contribution in [3.63, 3.8) is 0 Å². The van der Waals surface area contributed by atoms with Crippen molar-refractivity contribution in [3.05, 3.63) is 28.8 Å². The van der Waals surface area contributed by atoms with Crippen molar-refractivity contribution < 1.29 is 43.7 Å². The summed E-state index contributed by atoms with van der Waals surface area (Å²) >= 11 is 0. The largest absolute Gasteiger partial charge is 0.508 e. The first-order chi connectivity index (χ1) is 20.6. The predicted molar refractivity (Wildman–Crippen MR) is 154 cm³/mol. The SMILES string of the molecule is OCCOCCOCCOCCOCCO[C@H]1CC[C@@]2(O)[C@H]3Cc4ccc(O)c5c4[C@@]2(CCN3CC2CCC2)[C@H]1OC5. The van der Waals surface area contributed by atoms with Gasteiger partial charge in [-0.05, 0) is 68.2 Å². The molecule has 10 heteroatoms. The lowest BCUT2D eigenvalue weighted by Crippen LogP contribution is -2.79. The molecule has 0 amide bonds. The van der Waals surface area contributed by atoms with Crippen LogP contribution in [0, 0.1) is 5.92 Å². The number of piperidine rings is 1. The number of nitrogens with zero attached hydrogens (tertiary/aromatic N) is 1. The van der Waals surface area contributed by atoms with E-state index in [-0.39, 0.29) is 30.6 Å². The molecule has 1 spiro atoms. The number of phenolic OH excluding ortho intramolecular Hbond substituents is 1. The Hall–Kier alpha value is -1.34. The standard InChI is InChI=1S/C32H49NO9/c34-10-11-37-12-13-38-14-15-39-16-17-40-18-19-41-27-6-7-32(36)28-20-24-4-5-26(35)25-22-42-30(27)31(32,29(24)25)8-9-33(28)21-23-2-1-3-23/h4-5,23,27-28,30,34-36H,1-3,6-22H2/t27-,28+,30-,31-,32+/m0/s1. The van der Waals surface area contributed by atoms with E-state index in [0.29, 0.717) is 72.5 Å². The molecule has 6 rings (SSSR count). The van der Waals surface area contributed by atoms with Gasteiger partial charge in [0.25, 0.3) is 0 Å². The van der Waals surface area contributed by atoms with Gasteiger partial charge in [-0.1, -0.05) is 12.5 Å². The quantitative estimate of drug-likeness (QED) is 0.232. The molecule has 236 valence electrons. The maximum Gasteiger partial charge on any atom is 0.121 e. The maximum atomic E-state index is 12.7. The van der Waals surface area contributed by atoms with Crippen molar-refractivity contribution in [3.8, 4) is 5.75 Å². The summed E-state index contributed by atoms with van der Waals surface area (Å²) in [7, 11) is 0. The minimum atomic E-state index is -0.903. The highest BCUT2D eigenvalue weighted by molar-refractivity contribution is 5.56. The van der Waals surface area contributed by atoms with E-state index in [9.17, 15) is 10.2 Å². The average molecular weight is 592 g/mol. The van der Waals surface area contributed by atoms with Crippen molar-refractivity contribution in [2.24, 2.45) is 5.92 Å². The predicted octanol–water partition coefficient (Wildman–Crippen LogP) is 1.93. The number of aromatic hydroxyl groups is 1. The first-order valence-electron chi connectivity index (χ1n) is 16.0. The normalized spacial score (nSPS) is 32.0. The molecule has 42 heavy (non-hydrogen) atoms. The summed E-state index contributed by atoms with van der Waals surface area (Å²) in [6.45, 7) is 6.52. The van der Waals surface area contributed by atoms with Crippen LogP contribution in [0.5, 0.6) is 5.75 Å². The highest BCUT2D eigenvalue weighted by atomic mass is 16.6. The van der Waals surface area contributed by atoms with Crippen molar-refractivity contribution >= 4 is 0 Å². The summed E-state index contributed by atoms with van der Waals surface area (Å²) in [5.41, 5.74) is 1.79. The van der Waals surface area contributed by atoms with E-state index in [4.69, 9.17) is 33.5 Å². The van der Waals surface area contributed by atoms with Gasteiger partial charge >= 0.3 is 0 Å². The lowest BCUT2D eigenvalue weighted by Gasteiger charge is -2.68. The van der Waals surface area contributed by atoms with Gasteiger partial charge < -0.3 is 43.7 Å². The molecule has 0 unspecified atom stereocenters. The first-order valence-corrected chi connectivity index (χ1v) is 16.0. The molecule has 0 aromatic heterocycles. The van der Waals surface area contributed by atoms with Gasteiger partial charge in [-0.2, -0.15) is 0 Å². The minimum Gasteiger partial charge on any atom is -0.508 e. The van der Waals surface area contributed by atoms with Gasteiger partial charge in [-0.15, -0.1) is 0 Å². The fourth-order valence-electron chi connectivity index (χ4n) is 8.35. The minimum absolute atomic E-state index is 0.0215. The summed E-state index contributed by atoms with van der Waals surface area (Å²) in [5.74, 6) is 1.02. The number of rotatable bonds is 17. The van der Waals surface area contributed by atoms with Gasteiger partial charge in [0, 0.05) is 18.2 Å². The first kappa shape index (κ1) is 30.7. The van der Waals surface area contributed by atoms with Crippen LogP contribution in [0.2, 0.25) is 0 Å². The average Bonchev–Trinajstić information content (AvgIpc) is 2.96. The topological polar surface area (TPSA) is 119 Å². The van der Waals surface area contributed by atoms with E-state index in [1.54, 1.807) is 0 Å². The van der Waals surface area contributed by atoms with Crippen LogP contribution < -0.4 is 0 Å². The zero-order valence-electron chi connectivity index (χ0n) is 24.8. The maximum absolute atomic E-state index is 12.7. The van der Waals surface area contributed by atoms with Crippen LogP contribution in [-0.4, -0.2) is 123 Å². The molecule has 3 N–H and O–H groups in total. The second-order valence-corrected chi connectivity index (χ2v) is 12.6. The molecule has 2 bridgehead atoms. The Kier molecular flexibility index (Phi) is 10.0. The highest BCUT2D eigenvalue weighted by Crippen LogP contribution is 2.62. The number of hydrogen-bond acceptors (Lipinski definition) is 10. The monoisotopic (exact) mass is 591 g/mol. The molecule has 0 radical (unpaired) electrons. The molecule has 1 saturated heterocycles. The van der Waals surface area contributed by atoms with Crippen molar-refractivity contribution in [1.29, 1.82) is 0 Å². The van der Waals surface area contributed by atoms with Gasteiger partial charge in [0.1, 0.15) is 5.75 Å². The highest BCUT2D eigenvalue weighted by Gasteiger charge is 2.71. The number of likely N-dealkylation sites (tertiary alicyclic amines) is 1. The van der Waals surface area contributed by atoms with E-state index < -0.39 is 11.0 Å². The van der Waals surface area contributed by atoms with Crippen LogP contribution in [0.1, 0.15) is 55.2 Å². The zero-order valence-corrected chi connectivity index (χ0v) is 24.8. The zero-order chi connectivity index (χ0) is 29.0. The third-order valence-electron chi connectivity index (χ3n) is 10.5. The summed E-state index contributed by atoms with van der Waals surface area (Å²) in [4.78, 5) is 2.58. The molecule has 10 nitrogen and oxygen atoms in total. The van der Waals surface area contributed by atoms with Crippen LogP contribution in [-0.2, 0) is 46.9 Å². The van der Waals surface area contributed by atoms with E-state index in [0.717, 1.165) is 49.4 Å². The van der Waals surface area contributed by atoms with E-state index in [1.807, 2.05) is 6.07 Å². The van der Waals surface area contributed by atoms with Crippen LogP contribution in [0.4, 0.5) is 0 Å². The van der Waals surface area contributed by atoms with Crippen molar-refractivity contribution in [2.75, 3.05) is 79.2 Å². The van der Waals surface area contributed by atoms with Crippen LogP contribution in [0.15, 0.2) is 12.1 Å². The van der Waals surface area contributed by atoms with Gasteiger partial charge in [0.2, 0.25) is 0 Å². The molecule has 1 aromatic rings. The van der Waals surface area contributed by atoms with E-state index in [1.165, 1.54) is 24.8 Å².